The summed E-state index contributed by atoms with van der Waals surface area (Å²) in [4.78, 5) is 0. The van der Waals surface area contributed by atoms with Crippen molar-refractivity contribution >= 4 is 10.9 Å². The number of halogens is 1. The van der Waals surface area contributed by atoms with E-state index in [0.29, 0.717) is 12.1 Å². The standard InChI is InChI=1S/C17H23FN2/c1-12(2)20-14(11-19-13-6-3-4-7-13)10-15-16(18)8-5-9-17(15)20/h5,8-10,12-13,19H,3-4,6-7,11H2,1-2H3. The Kier molecular flexibility index (Phi) is 3.79. The van der Waals surface area contributed by atoms with Crippen molar-refractivity contribution in [2.24, 2.45) is 0 Å². The van der Waals surface area contributed by atoms with E-state index in [9.17, 15) is 4.39 Å². The fraction of sp³-hybridized carbons (Fsp3) is 0.529. The molecule has 1 aromatic carbocycles. The summed E-state index contributed by atoms with van der Waals surface area (Å²) in [7, 11) is 0. The highest BCUT2D eigenvalue weighted by atomic mass is 19.1. The van der Waals surface area contributed by atoms with Crippen LogP contribution in [0.2, 0.25) is 0 Å². The van der Waals surface area contributed by atoms with Gasteiger partial charge in [-0.3, -0.25) is 0 Å². The zero-order valence-electron chi connectivity index (χ0n) is 12.3. The fourth-order valence-electron chi connectivity index (χ4n) is 3.39. The van der Waals surface area contributed by atoms with Crippen molar-refractivity contribution in [1.82, 2.24) is 9.88 Å². The van der Waals surface area contributed by atoms with Gasteiger partial charge >= 0.3 is 0 Å². The third-order valence-electron chi connectivity index (χ3n) is 4.35. The smallest absolute Gasteiger partial charge is 0.132 e. The minimum absolute atomic E-state index is 0.121. The molecule has 2 nitrogen and oxygen atoms in total. The van der Waals surface area contributed by atoms with Gasteiger partial charge < -0.3 is 9.88 Å². The minimum Gasteiger partial charge on any atom is -0.341 e. The van der Waals surface area contributed by atoms with Crippen LogP contribution in [-0.4, -0.2) is 10.6 Å². The molecule has 2 aromatic rings. The molecule has 1 saturated carbocycles. The molecule has 0 saturated heterocycles. The van der Waals surface area contributed by atoms with Crippen molar-refractivity contribution in [3.05, 3.63) is 35.8 Å². The molecule has 0 amide bonds. The van der Waals surface area contributed by atoms with Crippen LogP contribution in [0, 0.1) is 5.82 Å². The zero-order chi connectivity index (χ0) is 14.1. The van der Waals surface area contributed by atoms with Crippen molar-refractivity contribution in [3.8, 4) is 0 Å². The largest absolute Gasteiger partial charge is 0.341 e. The second-order valence-electron chi connectivity index (χ2n) is 6.13. The Morgan fingerprint density at radius 3 is 2.75 bits per heavy atom. The molecule has 1 fully saturated rings. The maximum Gasteiger partial charge on any atom is 0.132 e. The second-order valence-corrected chi connectivity index (χ2v) is 6.13. The van der Waals surface area contributed by atoms with Gasteiger partial charge in [-0.15, -0.1) is 0 Å². The van der Waals surface area contributed by atoms with E-state index in [1.54, 1.807) is 12.1 Å². The average Bonchev–Trinajstić information content (AvgIpc) is 3.03. The number of hydrogen-bond donors (Lipinski definition) is 1. The lowest BCUT2D eigenvalue weighted by Crippen LogP contribution is -2.26. The van der Waals surface area contributed by atoms with E-state index >= 15 is 0 Å². The zero-order valence-corrected chi connectivity index (χ0v) is 12.3. The SMILES string of the molecule is CC(C)n1c(CNC2CCCC2)cc2c(F)cccc21. The second kappa shape index (κ2) is 5.57. The Hall–Kier alpha value is -1.35. The van der Waals surface area contributed by atoms with E-state index < -0.39 is 0 Å². The Bertz CT molecular complexity index is 594. The van der Waals surface area contributed by atoms with Gasteiger partial charge in [0.2, 0.25) is 0 Å². The monoisotopic (exact) mass is 274 g/mol. The molecule has 1 aliphatic carbocycles. The van der Waals surface area contributed by atoms with Crippen LogP contribution < -0.4 is 5.32 Å². The van der Waals surface area contributed by atoms with Crippen LogP contribution in [-0.2, 0) is 6.54 Å². The van der Waals surface area contributed by atoms with E-state index in [-0.39, 0.29) is 5.82 Å². The highest BCUT2D eigenvalue weighted by Gasteiger charge is 2.17. The first kappa shape index (κ1) is 13.6. The van der Waals surface area contributed by atoms with Crippen LogP contribution in [0.3, 0.4) is 0 Å². The van der Waals surface area contributed by atoms with Gasteiger partial charge in [0.15, 0.2) is 0 Å². The summed E-state index contributed by atoms with van der Waals surface area (Å²) in [5.41, 5.74) is 2.19. The molecule has 1 aromatic heterocycles. The number of aromatic nitrogens is 1. The molecule has 20 heavy (non-hydrogen) atoms. The summed E-state index contributed by atoms with van der Waals surface area (Å²) in [6.45, 7) is 5.14. The molecule has 3 rings (SSSR count). The van der Waals surface area contributed by atoms with Gasteiger partial charge in [-0.1, -0.05) is 18.9 Å². The number of rotatable bonds is 4. The van der Waals surface area contributed by atoms with Crippen LogP contribution >= 0.6 is 0 Å². The van der Waals surface area contributed by atoms with Crippen molar-refractivity contribution in [2.75, 3.05) is 0 Å². The van der Waals surface area contributed by atoms with E-state index in [1.807, 2.05) is 12.1 Å². The van der Waals surface area contributed by atoms with Crippen LogP contribution in [0.5, 0.6) is 0 Å². The van der Waals surface area contributed by atoms with Crippen molar-refractivity contribution in [3.63, 3.8) is 0 Å². The number of benzene rings is 1. The Labute approximate surface area is 120 Å². The number of nitrogens with one attached hydrogen (secondary N) is 1. The molecule has 0 radical (unpaired) electrons. The first-order valence-electron chi connectivity index (χ1n) is 7.68. The third kappa shape index (κ3) is 2.47. The number of hydrogen-bond acceptors (Lipinski definition) is 1. The number of fused-ring (bicyclic) bond motifs is 1. The van der Waals surface area contributed by atoms with Gasteiger partial charge in [-0.25, -0.2) is 4.39 Å². The predicted molar refractivity (Wildman–Crippen MR) is 81.4 cm³/mol. The molecule has 0 spiro atoms. The van der Waals surface area contributed by atoms with Crippen LogP contribution in [0.1, 0.15) is 51.3 Å². The molecular formula is C17H23FN2. The fourth-order valence-corrected chi connectivity index (χ4v) is 3.39. The molecule has 1 aliphatic rings. The van der Waals surface area contributed by atoms with Crippen LogP contribution in [0.25, 0.3) is 10.9 Å². The first-order chi connectivity index (χ1) is 9.66. The lowest BCUT2D eigenvalue weighted by molar-refractivity contribution is 0.497. The van der Waals surface area contributed by atoms with Crippen molar-refractivity contribution in [1.29, 1.82) is 0 Å². The lowest BCUT2D eigenvalue weighted by Gasteiger charge is -2.17. The maximum atomic E-state index is 14.0. The molecule has 0 bridgehead atoms. The Morgan fingerprint density at radius 2 is 2.05 bits per heavy atom. The molecule has 108 valence electrons. The highest BCUT2D eigenvalue weighted by Crippen LogP contribution is 2.27. The summed E-state index contributed by atoms with van der Waals surface area (Å²) in [6.07, 6.45) is 5.21. The third-order valence-corrected chi connectivity index (χ3v) is 4.35. The van der Waals surface area contributed by atoms with Gasteiger partial charge in [0, 0.05) is 29.7 Å². The minimum atomic E-state index is -0.121. The van der Waals surface area contributed by atoms with Gasteiger partial charge in [-0.05, 0) is 44.9 Å². The quantitative estimate of drug-likeness (QED) is 0.874. The van der Waals surface area contributed by atoms with Gasteiger partial charge in [0.25, 0.3) is 0 Å². The van der Waals surface area contributed by atoms with E-state index in [1.165, 1.54) is 31.4 Å². The number of nitrogens with zero attached hydrogens (tertiary/aromatic N) is 1. The topological polar surface area (TPSA) is 17.0 Å². The highest BCUT2D eigenvalue weighted by molar-refractivity contribution is 5.82. The predicted octanol–water partition coefficient (Wildman–Crippen LogP) is 4.39. The van der Waals surface area contributed by atoms with E-state index in [0.717, 1.165) is 17.4 Å². The van der Waals surface area contributed by atoms with Crippen molar-refractivity contribution in [2.45, 2.75) is 58.2 Å². The molecule has 3 heteroatoms. The van der Waals surface area contributed by atoms with Gasteiger partial charge in [-0.2, -0.15) is 0 Å². The van der Waals surface area contributed by atoms with Gasteiger partial charge in [0.05, 0.1) is 5.52 Å². The average molecular weight is 274 g/mol. The Balaban J connectivity index is 1.92. The summed E-state index contributed by atoms with van der Waals surface area (Å²) < 4.78 is 16.2. The molecule has 0 unspecified atom stereocenters. The van der Waals surface area contributed by atoms with Crippen molar-refractivity contribution < 1.29 is 4.39 Å². The summed E-state index contributed by atoms with van der Waals surface area (Å²) in [5.74, 6) is -0.121. The molecule has 0 atom stereocenters. The maximum absolute atomic E-state index is 14.0. The summed E-state index contributed by atoms with van der Waals surface area (Å²) >= 11 is 0. The molecule has 1 heterocycles. The Morgan fingerprint density at radius 1 is 1.30 bits per heavy atom. The normalized spacial score (nSPS) is 16.6. The van der Waals surface area contributed by atoms with Crippen LogP contribution in [0.4, 0.5) is 4.39 Å². The molecule has 1 N–H and O–H groups in total. The lowest BCUT2D eigenvalue weighted by atomic mass is 10.2. The summed E-state index contributed by atoms with van der Waals surface area (Å²) in [6, 6.07) is 8.34. The molecular weight excluding hydrogens is 251 g/mol. The van der Waals surface area contributed by atoms with E-state index in [2.05, 4.69) is 23.7 Å². The van der Waals surface area contributed by atoms with Crippen LogP contribution in [0.15, 0.2) is 24.3 Å². The van der Waals surface area contributed by atoms with E-state index in [4.69, 9.17) is 0 Å². The van der Waals surface area contributed by atoms with Gasteiger partial charge in [0.1, 0.15) is 5.82 Å². The first-order valence-corrected chi connectivity index (χ1v) is 7.68. The summed E-state index contributed by atoms with van der Waals surface area (Å²) in [5, 5.41) is 4.37. The molecule has 0 aliphatic heterocycles.